The molecule has 2 aromatic carbocycles. The number of nitrogens with zero attached hydrogens (tertiary/aromatic N) is 3. The minimum atomic E-state index is -0.870. The number of anilines is 1. The van der Waals surface area contributed by atoms with Crippen LogP contribution in [0.5, 0.6) is 5.75 Å². The zero-order valence-electron chi connectivity index (χ0n) is 22.3. The van der Waals surface area contributed by atoms with Gasteiger partial charge in [0.1, 0.15) is 24.3 Å². The van der Waals surface area contributed by atoms with Gasteiger partial charge in [0.05, 0.1) is 16.2 Å². The molecule has 1 aliphatic rings. The van der Waals surface area contributed by atoms with E-state index in [9.17, 15) is 19.7 Å². The molecule has 0 unspecified atom stereocenters. The highest BCUT2D eigenvalue weighted by atomic mass is 16.7. The second kappa shape index (κ2) is 11.5. The summed E-state index contributed by atoms with van der Waals surface area (Å²) >= 11 is 0. The summed E-state index contributed by atoms with van der Waals surface area (Å²) in [5, 5.41) is 18.4. The Hall–Kier alpha value is -4.41. The van der Waals surface area contributed by atoms with E-state index in [2.05, 4.69) is 5.32 Å². The molecule has 0 saturated heterocycles. The third kappa shape index (κ3) is 7.13. The van der Waals surface area contributed by atoms with Gasteiger partial charge in [-0.2, -0.15) is 5.10 Å². The van der Waals surface area contributed by atoms with Gasteiger partial charge in [-0.05, 0) is 57.2 Å². The molecule has 0 aliphatic heterocycles. The minimum absolute atomic E-state index is 0.00154. The van der Waals surface area contributed by atoms with Gasteiger partial charge in [-0.25, -0.2) is 14.3 Å². The van der Waals surface area contributed by atoms with E-state index in [4.69, 9.17) is 19.3 Å². The van der Waals surface area contributed by atoms with E-state index in [0.29, 0.717) is 12.2 Å². The molecule has 39 heavy (non-hydrogen) atoms. The molecule has 1 aromatic heterocycles. The largest absolute Gasteiger partial charge is 0.514 e. The molecule has 0 bridgehead atoms. The number of non-ortho nitro benzene ring substituents is 1. The molecule has 206 valence electrons. The molecule has 11 nitrogen and oxygen atoms in total. The number of nitro benzene ring substituents is 1. The zero-order valence-corrected chi connectivity index (χ0v) is 22.3. The molecule has 1 N–H and O–H groups in total. The molecule has 3 aromatic rings. The van der Waals surface area contributed by atoms with Crippen molar-refractivity contribution in [1.29, 1.82) is 0 Å². The number of nitrogens with one attached hydrogen (secondary N) is 1. The van der Waals surface area contributed by atoms with Crippen molar-refractivity contribution in [3.05, 3.63) is 82.0 Å². The van der Waals surface area contributed by atoms with E-state index >= 15 is 0 Å². The normalized spacial score (nSPS) is 18.8. The summed E-state index contributed by atoms with van der Waals surface area (Å²) in [6, 6.07) is 16.5. The van der Waals surface area contributed by atoms with Gasteiger partial charge >= 0.3 is 12.2 Å². The van der Waals surface area contributed by atoms with E-state index in [-0.39, 0.29) is 29.9 Å². The molecule has 1 heterocycles. The summed E-state index contributed by atoms with van der Waals surface area (Å²) < 4.78 is 17.9. The molecule has 1 fully saturated rings. The first kappa shape index (κ1) is 27.6. The maximum absolute atomic E-state index is 12.5. The monoisotopic (exact) mass is 536 g/mol. The van der Waals surface area contributed by atoms with Gasteiger partial charge in [0.15, 0.2) is 0 Å². The minimum Gasteiger partial charge on any atom is -0.444 e. The SMILES string of the molecule is C[C@@H]1C[C@H](c2cc(NC(=O)OCc3ccccc3)n(C(C)(C)C)n2)C[C@@H]1OC(=O)Oc1ccc([N+](=O)[O-])cc1. The second-order valence-electron chi connectivity index (χ2n) is 10.6. The van der Waals surface area contributed by atoms with Crippen molar-refractivity contribution in [2.45, 2.75) is 64.7 Å². The van der Waals surface area contributed by atoms with Crippen LogP contribution >= 0.6 is 0 Å². The van der Waals surface area contributed by atoms with Crippen molar-refractivity contribution in [1.82, 2.24) is 9.78 Å². The van der Waals surface area contributed by atoms with Gasteiger partial charge in [0, 0.05) is 24.1 Å². The van der Waals surface area contributed by atoms with Crippen LogP contribution < -0.4 is 10.1 Å². The average Bonchev–Trinajstić information content (AvgIpc) is 3.47. The summed E-state index contributed by atoms with van der Waals surface area (Å²) in [7, 11) is 0. The first-order valence-corrected chi connectivity index (χ1v) is 12.7. The number of hydrogen-bond acceptors (Lipinski definition) is 8. The van der Waals surface area contributed by atoms with Gasteiger partial charge in [-0.15, -0.1) is 0 Å². The molecule has 1 aliphatic carbocycles. The molecule has 0 radical (unpaired) electrons. The van der Waals surface area contributed by atoms with Crippen LogP contribution in [0.25, 0.3) is 0 Å². The number of aromatic nitrogens is 2. The fourth-order valence-electron chi connectivity index (χ4n) is 4.56. The lowest BCUT2D eigenvalue weighted by Crippen LogP contribution is -2.27. The Bertz CT molecular complexity index is 1320. The van der Waals surface area contributed by atoms with Gasteiger partial charge in [0.25, 0.3) is 5.69 Å². The maximum atomic E-state index is 12.5. The second-order valence-corrected chi connectivity index (χ2v) is 10.6. The molecule has 1 amide bonds. The maximum Gasteiger partial charge on any atom is 0.514 e. The van der Waals surface area contributed by atoms with Crippen LogP contribution in [-0.2, 0) is 21.6 Å². The summed E-state index contributed by atoms with van der Waals surface area (Å²) in [6.45, 7) is 8.11. The van der Waals surface area contributed by atoms with Gasteiger partial charge < -0.3 is 14.2 Å². The fourth-order valence-corrected chi connectivity index (χ4v) is 4.56. The first-order chi connectivity index (χ1) is 18.5. The summed E-state index contributed by atoms with van der Waals surface area (Å²) in [5.74, 6) is 0.727. The lowest BCUT2D eigenvalue weighted by Gasteiger charge is -2.22. The highest BCUT2D eigenvalue weighted by molar-refractivity contribution is 5.83. The van der Waals surface area contributed by atoms with Crippen LogP contribution in [0.2, 0.25) is 0 Å². The van der Waals surface area contributed by atoms with Crippen molar-refractivity contribution >= 4 is 23.8 Å². The number of amides is 1. The lowest BCUT2D eigenvalue weighted by atomic mass is 10.0. The summed E-state index contributed by atoms with van der Waals surface area (Å²) in [5.41, 5.74) is 1.16. The Morgan fingerprint density at radius 2 is 1.79 bits per heavy atom. The third-order valence-corrected chi connectivity index (χ3v) is 6.53. The summed E-state index contributed by atoms with van der Waals surface area (Å²) in [4.78, 5) is 35.2. The standard InChI is InChI=1S/C28H32N4O7/c1-18-14-20(15-24(18)39-27(34)38-22-12-10-21(11-13-22)32(35)36)23-16-25(31(30-23)28(2,3)4)29-26(33)37-17-19-8-6-5-7-9-19/h5-13,16,18,20,24H,14-15,17H2,1-4H3,(H,29,33)/t18-,20+,24+/m1/s1. The zero-order chi connectivity index (χ0) is 28.2. The van der Waals surface area contributed by atoms with Gasteiger partial charge in [-0.1, -0.05) is 37.3 Å². The van der Waals surface area contributed by atoms with Crippen molar-refractivity contribution in [2.24, 2.45) is 5.92 Å². The number of hydrogen-bond donors (Lipinski definition) is 1. The fraction of sp³-hybridized carbons (Fsp3) is 0.393. The van der Waals surface area contributed by atoms with E-state index in [1.165, 1.54) is 24.3 Å². The van der Waals surface area contributed by atoms with Gasteiger partial charge in [-0.3, -0.25) is 15.4 Å². The van der Waals surface area contributed by atoms with Gasteiger partial charge in [0.2, 0.25) is 0 Å². The van der Waals surface area contributed by atoms with Crippen molar-refractivity contribution in [2.75, 3.05) is 5.32 Å². The van der Waals surface area contributed by atoms with Crippen molar-refractivity contribution < 1.29 is 28.7 Å². The molecule has 4 rings (SSSR count). The number of rotatable bonds is 7. The van der Waals surface area contributed by atoms with Crippen LogP contribution in [0, 0.1) is 16.0 Å². The summed E-state index contributed by atoms with van der Waals surface area (Å²) in [6.07, 6.45) is -0.576. The predicted molar refractivity (Wildman–Crippen MR) is 143 cm³/mol. The highest BCUT2D eigenvalue weighted by Crippen LogP contribution is 2.41. The molecular formula is C28H32N4O7. The number of carbonyl (C=O) groups excluding carboxylic acids is 2. The first-order valence-electron chi connectivity index (χ1n) is 12.7. The Kier molecular flexibility index (Phi) is 8.18. The van der Waals surface area contributed by atoms with E-state index in [0.717, 1.165) is 17.7 Å². The number of carbonyl (C=O) groups is 2. The number of ether oxygens (including phenoxy) is 3. The molecule has 11 heteroatoms. The molecule has 3 atom stereocenters. The number of nitro groups is 1. The third-order valence-electron chi connectivity index (χ3n) is 6.53. The lowest BCUT2D eigenvalue weighted by molar-refractivity contribution is -0.384. The average molecular weight is 537 g/mol. The van der Waals surface area contributed by atoms with E-state index in [1.54, 1.807) is 4.68 Å². The van der Waals surface area contributed by atoms with E-state index in [1.807, 2.05) is 64.1 Å². The Balaban J connectivity index is 1.38. The van der Waals surface area contributed by atoms with Crippen LogP contribution in [0.3, 0.4) is 0 Å². The Morgan fingerprint density at radius 1 is 1.10 bits per heavy atom. The van der Waals surface area contributed by atoms with Crippen LogP contribution in [-0.4, -0.2) is 33.1 Å². The Labute approximate surface area is 226 Å². The van der Waals surface area contributed by atoms with E-state index < -0.39 is 28.8 Å². The van der Waals surface area contributed by atoms with Crippen LogP contribution in [0.15, 0.2) is 60.7 Å². The van der Waals surface area contributed by atoms with Crippen LogP contribution in [0.4, 0.5) is 21.1 Å². The van der Waals surface area contributed by atoms with Crippen molar-refractivity contribution in [3.63, 3.8) is 0 Å². The molecule has 1 saturated carbocycles. The Morgan fingerprint density at radius 3 is 2.44 bits per heavy atom. The predicted octanol–water partition coefficient (Wildman–Crippen LogP) is 6.39. The number of benzene rings is 2. The highest BCUT2D eigenvalue weighted by Gasteiger charge is 2.37. The smallest absolute Gasteiger partial charge is 0.444 e. The molecule has 0 spiro atoms. The van der Waals surface area contributed by atoms with Crippen molar-refractivity contribution in [3.8, 4) is 5.75 Å². The quantitative estimate of drug-likeness (QED) is 0.159. The van der Waals surface area contributed by atoms with Crippen LogP contribution in [0.1, 0.15) is 57.7 Å². The molecular weight excluding hydrogens is 504 g/mol. The topological polar surface area (TPSA) is 135 Å².